The smallest absolute Gasteiger partial charge is 0.150 e. The Morgan fingerprint density at radius 2 is 0.838 bits per heavy atom. The maximum absolute atomic E-state index is 11.3. The van der Waals surface area contributed by atoms with Gasteiger partial charge in [0.25, 0.3) is 0 Å². The molecule has 0 N–H and O–H groups in total. The van der Waals surface area contributed by atoms with Crippen LogP contribution in [0.5, 0.6) is 0 Å². The highest BCUT2D eigenvalue weighted by Gasteiger charge is 2.05. The number of hydrogen-bond acceptors (Lipinski definition) is 3. The molecule has 1 aromatic heterocycles. The molecule has 0 spiro atoms. The van der Waals surface area contributed by atoms with E-state index in [1.54, 1.807) is 12.5 Å². The van der Waals surface area contributed by atoms with E-state index in [0.717, 1.165) is 57.1 Å². The first-order valence-electron chi connectivity index (χ1n) is 12.0. The van der Waals surface area contributed by atoms with Crippen LogP contribution in [-0.4, -0.2) is 12.6 Å². The largest absolute Gasteiger partial charge is 0.471 e. The Labute approximate surface area is 216 Å². The zero-order valence-electron chi connectivity index (χ0n) is 20.1. The van der Waals surface area contributed by atoms with Crippen LogP contribution in [-0.2, 0) is 0 Å². The van der Waals surface area contributed by atoms with Crippen molar-refractivity contribution in [2.45, 2.75) is 0 Å². The summed E-state index contributed by atoms with van der Waals surface area (Å²) in [5, 5.41) is 0. The number of carbonyl (C=O) groups is 2. The third kappa shape index (κ3) is 5.47. The van der Waals surface area contributed by atoms with E-state index in [9.17, 15) is 9.59 Å². The van der Waals surface area contributed by atoms with E-state index >= 15 is 0 Å². The van der Waals surface area contributed by atoms with Gasteiger partial charge in [-0.1, -0.05) is 121 Å². The Morgan fingerprint density at radius 3 is 1.24 bits per heavy atom. The van der Waals surface area contributed by atoms with E-state index in [4.69, 9.17) is 4.42 Å². The van der Waals surface area contributed by atoms with Crippen LogP contribution in [0.15, 0.2) is 114 Å². The van der Waals surface area contributed by atoms with Gasteiger partial charge >= 0.3 is 0 Å². The van der Waals surface area contributed by atoms with E-state index < -0.39 is 0 Å². The summed E-state index contributed by atoms with van der Waals surface area (Å²) in [5.74, 6) is 0. The van der Waals surface area contributed by atoms with Gasteiger partial charge in [-0.25, -0.2) is 0 Å². The molecule has 0 saturated carbocycles. The van der Waals surface area contributed by atoms with Crippen LogP contribution in [0.3, 0.4) is 0 Å². The van der Waals surface area contributed by atoms with Crippen molar-refractivity contribution >= 4 is 36.9 Å². The van der Waals surface area contributed by atoms with Crippen LogP contribution >= 0.6 is 0 Å². The van der Waals surface area contributed by atoms with Crippen LogP contribution in [0.1, 0.15) is 43.0 Å². The van der Waals surface area contributed by atoms with Gasteiger partial charge in [0.2, 0.25) is 0 Å². The molecule has 3 nitrogen and oxygen atoms in total. The number of carbonyl (C=O) groups excluding carboxylic acids is 2. The molecule has 37 heavy (non-hydrogen) atoms. The van der Waals surface area contributed by atoms with Crippen molar-refractivity contribution in [1.82, 2.24) is 0 Å². The summed E-state index contributed by atoms with van der Waals surface area (Å²) < 4.78 is 5.46. The Morgan fingerprint density at radius 1 is 0.432 bits per heavy atom. The lowest BCUT2D eigenvalue weighted by Gasteiger charge is -2.05. The summed E-state index contributed by atoms with van der Waals surface area (Å²) in [5.41, 5.74) is 9.28. The van der Waals surface area contributed by atoms with Crippen LogP contribution in [0.2, 0.25) is 0 Å². The molecule has 0 aliphatic rings. The molecule has 0 saturated heterocycles. The van der Waals surface area contributed by atoms with E-state index in [1.807, 2.05) is 121 Å². The summed E-state index contributed by atoms with van der Waals surface area (Å²) >= 11 is 0. The van der Waals surface area contributed by atoms with Crippen LogP contribution in [0.4, 0.5) is 0 Å². The molecule has 1 heterocycles. The molecule has 0 radical (unpaired) electrons. The van der Waals surface area contributed by atoms with Crippen molar-refractivity contribution in [3.63, 3.8) is 0 Å². The van der Waals surface area contributed by atoms with Gasteiger partial charge in [0, 0.05) is 22.3 Å². The highest BCUT2D eigenvalue weighted by Crippen LogP contribution is 2.25. The zero-order chi connectivity index (χ0) is 25.5. The minimum Gasteiger partial charge on any atom is -0.471 e. The number of rotatable bonds is 8. The molecular weight excluding hydrogens is 456 g/mol. The predicted octanol–water partition coefficient (Wildman–Crippen LogP) is 8.58. The van der Waals surface area contributed by atoms with E-state index in [1.165, 1.54) is 0 Å². The molecular formula is C34H24O3. The number of hydrogen-bond donors (Lipinski definition) is 0. The predicted molar refractivity (Wildman–Crippen MR) is 151 cm³/mol. The molecule has 3 heteroatoms. The highest BCUT2D eigenvalue weighted by atomic mass is 16.3. The number of furan rings is 1. The van der Waals surface area contributed by atoms with Crippen LogP contribution in [0.25, 0.3) is 46.6 Å². The molecule has 5 aromatic rings. The Hall–Kier alpha value is -5.02. The van der Waals surface area contributed by atoms with Crippen LogP contribution < -0.4 is 0 Å². The van der Waals surface area contributed by atoms with E-state index in [-0.39, 0.29) is 0 Å². The molecule has 0 aliphatic heterocycles. The monoisotopic (exact) mass is 480 g/mol. The maximum Gasteiger partial charge on any atom is 0.150 e. The summed E-state index contributed by atoms with van der Waals surface area (Å²) in [4.78, 5) is 22.7. The van der Waals surface area contributed by atoms with Crippen molar-refractivity contribution in [1.29, 1.82) is 0 Å². The molecule has 0 bridgehead atoms. The minimum absolute atomic E-state index is 0.682. The second-order valence-electron chi connectivity index (χ2n) is 8.60. The quantitative estimate of drug-likeness (QED) is 0.209. The molecule has 0 unspecified atom stereocenters. The lowest BCUT2D eigenvalue weighted by molar-refractivity contribution is 0.111. The topological polar surface area (TPSA) is 47.3 Å². The van der Waals surface area contributed by atoms with E-state index in [0.29, 0.717) is 11.1 Å². The second-order valence-corrected chi connectivity index (χ2v) is 8.60. The van der Waals surface area contributed by atoms with Crippen molar-refractivity contribution in [3.05, 3.63) is 143 Å². The summed E-state index contributed by atoms with van der Waals surface area (Å²) in [6.07, 6.45) is 13.4. The third-order valence-electron chi connectivity index (χ3n) is 6.25. The minimum atomic E-state index is 0.682. The molecule has 4 aromatic carbocycles. The first kappa shape index (κ1) is 23.7. The highest BCUT2D eigenvalue weighted by molar-refractivity contribution is 5.89. The standard InChI is InChI=1S/C34H24O3/c35-21-29-5-1-3-7-33(29)27-15-9-25(10-16-27)13-19-31-23-37-24-32(31)20-14-26-11-17-28(18-12-26)34-8-4-2-6-30(34)22-36/h1-24H/b19-13+,20-14+. The Balaban J connectivity index is 1.29. The first-order valence-corrected chi connectivity index (χ1v) is 12.0. The fraction of sp³-hybridized carbons (Fsp3) is 0. The van der Waals surface area contributed by atoms with Gasteiger partial charge in [-0.3, -0.25) is 9.59 Å². The van der Waals surface area contributed by atoms with Crippen molar-refractivity contribution in [3.8, 4) is 22.3 Å². The molecule has 0 aliphatic carbocycles. The van der Waals surface area contributed by atoms with Gasteiger partial charge in [-0.15, -0.1) is 0 Å². The maximum atomic E-state index is 11.3. The molecule has 0 amide bonds. The molecule has 0 fully saturated rings. The van der Waals surface area contributed by atoms with Gasteiger partial charge in [0.1, 0.15) is 0 Å². The average Bonchev–Trinajstić information content (AvgIpc) is 3.43. The van der Waals surface area contributed by atoms with Gasteiger partial charge < -0.3 is 4.42 Å². The first-order chi connectivity index (χ1) is 18.2. The summed E-state index contributed by atoms with van der Waals surface area (Å²) in [7, 11) is 0. The van der Waals surface area contributed by atoms with Crippen molar-refractivity contribution in [2.75, 3.05) is 0 Å². The van der Waals surface area contributed by atoms with Gasteiger partial charge in [0.05, 0.1) is 12.5 Å². The zero-order valence-corrected chi connectivity index (χ0v) is 20.1. The van der Waals surface area contributed by atoms with Gasteiger partial charge in [-0.2, -0.15) is 0 Å². The fourth-order valence-electron chi connectivity index (χ4n) is 4.23. The van der Waals surface area contributed by atoms with Gasteiger partial charge in [-0.05, 0) is 33.4 Å². The van der Waals surface area contributed by atoms with Crippen molar-refractivity contribution < 1.29 is 14.0 Å². The van der Waals surface area contributed by atoms with E-state index in [2.05, 4.69) is 0 Å². The lowest BCUT2D eigenvalue weighted by atomic mass is 9.99. The summed E-state index contributed by atoms with van der Waals surface area (Å²) in [6, 6.07) is 31.4. The number of benzene rings is 4. The third-order valence-corrected chi connectivity index (χ3v) is 6.25. The Bertz CT molecular complexity index is 1460. The molecule has 178 valence electrons. The second kappa shape index (κ2) is 11.1. The average molecular weight is 481 g/mol. The molecule has 0 atom stereocenters. The normalized spacial score (nSPS) is 11.2. The summed E-state index contributed by atoms with van der Waals surface area (Å²) in [6.45, 7) is 0. The number of aldehydes is 2. The Kier molecular flexibility index (Phi) is 7.14. The molecule has 5 rings (SSSR count). The van der Waals surface area contributed by atoms with Crippen molar-refractivity contribution in [2.24, 2.45) is 0 Å². The van der Waals surface area contributed by atoms with Gasteiger partial charge in [0.15, 0.2) is 12.6 Å². The lowest BCUT2D eigenvalue weighted by Crippen LogP contribution is -1.86. The fourth-order valence-corrected chi connectivity index (χ4v) is 4.23. The van der Waals surface area contributed by atoms with Crippen LogP contribution in [0, 0.1) is 0 Å². The SMILES string of the molecule is O=Cc1ccccc1-c1ccc(/C=C/c2cocc2/C=C/c2ccc(-c3ccccc3C=O)cc2)cc1.